The lowest BCUT2D eigenvalue weighted by Gasteiger charge is -2.58. The van der Waals surface area contributed by atoms with Crippen molar-refractivity contribution in [1.82, 2.24) is 0 Å². The fourth-order valence-electron chi connectivity index (χ4n) is 12.6. The van der Waals surface area contributed by atoms with Crippen LogP contribution in [0.1, 0.15) is 12.8 Å². The van der Waals surface area contributed by atoms with Crippen LogP contribution >= 0.6 is 0 Å². The number of non-ortho nitro benzene ring substituents is 2. The Labute approximate surface area is 594 Å². The van der Waals surface area contributed by atoms with E-state index in [1.165, 1.54) is 24.3 Å². The molecule has 4 fully saturated rings. The van der Waals surface area contributed by atoms with E-state index in [1.54, 1.807) is 48.5 Å². The molecule has 6 unspecified atom stereocenters. The number of hydrogen-bond donors (Lipinski definition) is 1. The molecule has 4 aliphatic rings. The van der Waals surface area contributed by atoms with Crippen molar-refractivity contribution in [3.05, 3.63) is 311 Å². The van der Waals surface area contributed by atoms with E-state index in [9.17, 15) is 25.0 Å². The first-order valence-electron chi connectivity index (χ1n) is 32.8. The fraction of sp³-hybridized carbons (Fsp3) is 0.130. The van der Waals surface area contributed by atoms with Crippen LogP contribution in [0.2, 0.25) is 31.7 Å². The van der Waals surface area contributed by atoms with Crippen molar-refractivity contribution in [3.8, 4) is 11.5 Å². The van der Waals surface area contributed by atoms with Crippen LogP contribution in [-0.2, 0) is 53.5 Å². The second kappa shape index (κ2) is 28.8. The summed E-state index contributed by atoms with van der Waals surface area (Å²) >= 11 is 0. The molecule has 32 heteroatoms. The molecule has 4 heterocycles. The van der Waals surface area contributed by atoms with Gasteiger partial charge < -0.3 is 67.8 Å². The third-order valence-corrected chi connectivity index (χ3v) is 60.1. The Bertz CT molecular complexity index is 4080. The molecule has 0 spiro atoms. The number of nitro groups is 2. The maximum atomic E-state index is 14.8. The Morgan fingerprint density at radius 1 is 0.297 bits per heavy atom. The lowest BCUT2D eigenvalue weighted by atomic mass is 10.3. The van der Waals surface area contributed by atoms with Gasteiger partial charge in [0.05, 0.1) is 23.1 Å². The molecule has 4 saturated heterocycles. The monoisotopic (exact) mass is 1530 g/mol. The van der Waals surface area contributed by atoms with Crippen LogP contribution in [0.25, 0.3) is 0 Å². The molecule has 1 N–H and O–H groups in total. The summed E-state index contributed by atoms with van der Waals surface area (Å²) in [6.45, 7) is 5.83. The number of fused-ring (bicyclic) bond motifs is 4. The highest BCUT2D eigenvalue weighted by molar-refractivity contribution is 7.10. The highest BCUT2D eigenvalue weighted by Gasteiger charge is 2.80. The van der Waals surface area contributed by atoms with Gasteiger partial charge in [0.25, 0.3) is 11.4 Å². The molecule has 10 aromatic rings. The molecule has 10 aromatic carbocycles. The van der Waals surface area contributed by atoms with E-state index < -0.39 is 97.2 Å². The number of benzene rings is 10. The maximum absolute atomic E-state index is 14.8. The lowest BCUT2D eigenvalue weighted by Crippen LogP contribution is -2.90. The Kier molecular flexibility index (Phi) is 20.0. The van der Waals surface area contributed by atoms with Gasteiger partial charge in [-0.05, 0) is 74.0 Å². The van der Waals surface area contributed by atoms with Crippen molar-refractivity contribution in [3.63, 3.8) is 0 Å². The van der Waals surface area contributed by atoms with Gasteiger partial charge in [-0.1, -0.05) is 243 Å². The van der Waals surface area contributed by atoms with E-state index in [2.05, 4.69) is 0 Å². The van der Waals surface area contributed by atoms with E-state index in [1.807, 2.05) is 238 Å². The minimum Gasteiger partial charge on any atom is -0.494 e. The van der Waals surface area contributed by atoms with Gasteiger partial charge >= 0.3 is 87.3 Å². The van der Waals surface area contributed by atoms with Gasteiger partial charge in [0.2, 0.25) is 0 Å². The third-order valence-electron chi connectivity index (χ3n) is 17.3. The molecule has 101 heavy (non-hydrogen) atoms. The topological polar surface area (TPSA) is 245 Å². The van der Waals surface area contributed by atoms with E-state index in [0.717, 1.165) is 0 Å². The summed E-state index contributed by atoms with van der Waals surface area (Å²) in [6, 6.07) is 86.1. The van der Waals surface area contributed by atoms with Gasteiger partial charge in [-0.15, -0.1) is 0 Å². The molecule has 6 bridgehead atoms. The fourth-order valence-corrected chi connectivity index (χ4v) is 66.3. The van der Waals surface area contributed by atoms with Crippen LogP contribution in [0.4, 0.5) is 11.4 Å². The molecule has 0 radical (unpaired) electrons. The average Bonchev–Trinajstić information content (AvgIpc) is 0.689. The van der Waals surface area contributed by atoms with E-state index >= 15 is 0 Å². The van der Waals surface area contributed by atoms with Crippen LogP contribution in [0.5, 0.6) is 11.5 Å². The largest absolute Gasteiger partial charge is 0.520 e. The molecular weight excluding hydrogens is 1460 g/mol. The van der Waals surface area contributed by atoms with Gasteiger partial charge in [0, 0.05) is 60.6 Å². The normalized spacial score (nSPS) is 29.5. The van der Waals surface area contributed by atoms with Gasteiger partial charge in [-0.25, -0.2) is 0 Å². The van der Waals surface area contributed by atoms with Crippen molar-refractivity contribution in [2.75, 3.05) is 13.2 Å². The minimum atomic E-state index is -5.46. The van der Waals surface area contributed by atoms with Crippen molar-refractivity contribution < 1.29 is 77.6 Å². The summed E-state index contributed by atoms with van der Waals surface area (Å²) in [5, 5.41) is 26.9. The zero-order chi connectivity index (χ0) is 69.9. The molecule has 0 saturated carbocycles. The zero-order valence-corrected chi connectivity index (χ0v) is 65.1. The second-order valence-electron chi connectivity index (χ2n) is 24.8. The number of rotatable bonds is 20. The van der Waals surface area contributed by atoms with Crippen LogP contribution in [0, 0.1) is 20.2 Å². The molecule has 0 amide bonds. The van der Waals surface area contributed by atoms with Crippen LogP contribution in [0.3, 0.4) is 0 Å². The van der Waals surface area contributed by atoms with Gasteiger partial charge in [0.1, 0.15) is 11.5 Å². The lowest BCUT2D eigenvalue weighted by molar-refractivity contribution is -0.385. The molecule has 0 aliphatic carbocycles. The van der Waals surface area contributed by atoms with Crippen molar-refractivity contribution in [2.45, 2.75) is 44.6 Å². The third kappa shape index (κ3) is 14.7. The predicted octanol–water partition coefficient (Wildman–Crippen LogP) is 8.05. The summed E-state index contributed by atoms with van der Waals surface area (Å²) in [5.41, 5.74) is -0.189. The Morgan fingerprint density at radius 3 is 0.782 bits per heavy atom. The summed E-state index contributed by atoms with van der Waals surface area (Å²) < 4.78 is 121. The van der Waals surface area contributed by atoms with Crippen LogP contribution in [-0.4, -0.2) is 115 Å². The SMILES string of the molecule is C[Si]1(CCCOc2ccc([N+](=O)[O-])cc2)O[Si]2(c3ccccc3)O[Si](C)(c3ccccc3)O[Si]3(c4ccccc4)O[Si](C)(CCCOc4ccc([N+](=O)[O-])cc4)O[Si]4(c5ccccc5)O[Si](O)(c5ccccc5)O[Si](c5ccccc5)(O1)O[Si](c1ccccc1)(O4)O[Si](c1ccccc1)(O2)O3. The summed E-state index contributed by atoms with van der Waals surface area (Å²) in [6.07, 6.45) is 0.450. The van der Waals surface area contributed by atoms with E-state index in [-0.39, 0.29) is 54.7 Å². The molecule has 516 valence electrons. The molecule has 14 rings (SSSR count). The van der Waals surface area contributed by atoms with Gasteiger partial charge in [-0.3, -0.25) is 20.2 Å². The highest BCUT2D eigenvalue weighted by atomic mass is 28.6. The van der Waals surface area contributed by atoms with Gasteiger partial charge in [-0.2, -0.15) is 0 Å². The van der Waals surface area contributed by atoms with Crippen molar-refractivity contribution in [1.29, 1.82) is 0 Å². The number of ether oxygens (including phenoxy) is 2. The van der Waals surface area contributed by atoms with Gasteiger partial charge in [0.15, 0.2) is 0 Å². The molecule has 0 aromatic heterocycles. The summed E-state index contributed by atoms with van der Waals surface area (Å²) in [7, 11) is -50.4. The zero-order valence-electron chi connectivity index (χ0n) is 55.1. The minimum absolute atomic E-state index is 0.0549. The first-order chi connectivity index (χ1) is 48.8. The highest BCUT2D eigenvalue weighted by Crippen LogP contribution is 2.45. The van der Waals surface area contributed by atoms with Crippen LogP contribution < -0.4 is 51.0 Å². The standard InChI is InChI=1S/C69H70N2O20Si10/c1-92(56-28-54-77-60-50-46-58(47-51-60)70(72)73)79-96(64-34-16-6-17-35-64)83-94(3,62-30-12-4-13-31-62)84-97(65-36-18-7-19-37-65)80-93(2,57-29-55-78-61-52-48-59(49-53-61)71(74)75)82-99(67-40-22-9-23-41-67)86-95(76,63-32-14-5-15-33-63)85-98(81-92,66-38-20-8-21-39-66)89-101(90-99,69-44-26-11-27-45-69)91-100(87-96,88-97)68-42-24-10-25-43-68/h4-27,30-53,76H,28-29,54-57H2,1-3H3. The van der Waals surface area contributed by atoms with Crippen LogP contribution in [0.15, 0.2) is 291 Å². The van der Waals surface area contributed by atoms with Crippen molar-refractivity contribution >= 4 is 140 Å². The average molecular weight is 1530 g/mol. The number of hydrogen-bond acceptors (Lipinski definition) is 20. The maximum Gasteiger partial charge on any atom is 0.520 e. The Hall–Kier alpha value is -7.79. The Morgan fingerprint density at radius 2 is 0.525 bits per heavy atom. The molecule has 4 aliphatic heterocycles. The Balaban J connectivity index is 1.11. The number of nitro benzene ring substituents is 2. The molecular formula is C69H70N2O20Si10. The van der Waals surface area contributed by atoms with E-state index in [0.29, 0.717) is 47.8 Å². The quantitative estimate of drug-likeness (QED) is 0.0328. The molecule has 6 atom stereocenters. The smallest absolute Gasteiger partial charge is 0.494 e. The van der Waals surface area contributed by atoms with Crippen molar-refractivity contribution in [2.24, 2.45) is 0 Å². The first-order valence-corrected chi connectivity index (χ1v) is 52.3. The summed E-state index contributed by atoms with van der Waals surface area (Å²) in [4.78, 5) is 37.5. The summed E-state index contributed by atoms with van der Waals surface area (Å²) in [5.74, 6) is 0.774. The molecule has 22 nitrogen and oxygen atoms in total. The predicted molar refractivity (Wildman–Crippen MR) is 396 cm³/mol. The first kappa shape index (κ1) is 70.3. The second-order valence-corrected chi connectivity index (χ2v) is 55.3. The van der Waals surface area contributed by atoms with E-state index in [4.69, 9.17) is 63.0 Å². The number of nitrogens with zero attached hydrogens (tertiary/aromatic N) is 2.